The highest BCUT2D eigenvalue weighted by atomic mass is 16.5. The summed E-state index contributed by atoms with van der Waals surface area (Å²) in [5.74, 6) is 2.09. The molecule has 142 valence electrons. The second-order valence-electron chi connectivity index (χ2n) is 8.21. The Kier molecular flexibility index (Phi) is 4.00. The first-order valence-electron chi connectivity index (χ1n) is 9.92. The van der Waals surface area contributed by atoms with Crippen molar-refractivity contribution in [3.8, 4) is 5.75 Å². The van der Waals surface area contributed by atoms with Gasteiger partial charge in [-0.3, -0.25) is 4.79 Å². The van der Waals surface area contributed by atoms with Gasteiger partial charge in [0.25, 0.3) is 5.91 Å². The number of ether oxygens (including phenoxy) is 1. The number of hydrogen-bond acceptors (Lipinski definition) is 3. The van der Waals surface area contributed by atoms with E-state index >= 15 is 0 Å². The van der Waals surface area contributed by atoms with Crippen molar-refractivity contribution in [3.63, 3.8) is 0 Å². The number of fused-ring (bicyclic) bond motifs is 1. The molecule has 3 N–H and O–H groups in total. The Morgan fingerprint density at radius 2 is 1.82 bits per heavy atom. The molecule has 2 aromatic rings. The number of nitrogens with two attached hydrogens (primary N) is 1. The van der Waals surface area contributed by atoms with Gasteiger partial charge in [0, 0.05) is 22.4 Å². The fourth-order valence-corrected chi connectivity index (χ4v) is 5.15. The molecule has 2 fully saturated rings. The van der Waals surface area contributed by atoms with Crippen molar-refractivity contribution in [2.75, 3.05) is 11.1 Å². The summed E-state index contributed by atoms with van der Waals surface area (Å²) in [6.45, 7) is 0. The van der Waals surface area contributed by atoms with Crippen molar-refractivity contribution < 1.29 is 9.53 Å². The monoisotopic (exact) mass is 372 g/mol. The molecule has 0 radical (unpaired) electrons. The maximum absolute atomic E-state index is 12.3. The van der Waals surface area contributed by atoms with Crippen molar-refractivity contribution in [3.05, 3.63) is 78.4 Å². The number of amides is 1. The van der Waals surface area contributed by atoms with E-state index < -0.39 is 0 Å². The van der Waals surface area contributed by atoms with Crippen molar-refractivity contribution >= 4 is 17.3 Å². The van der Waals surface area contributed by atoms with Gasteiger partial charge in [-0.1, -0.05) is 24.3 Å². The van der Waals surface area contributed by atoms with Crippen LogP contribution in [-0.2, 0) is 0 Å². The Morgan fingerprint density at radius 1 is 1.04 bits per heavy atom. The van der Waals surface area contributed by atoms with E-state index in [2.05, 4.69) is 29.6 Å². The van der Waals surface area contributed by atoms with Gasteiger partial charge in [0.05, 0.1) is 0 Å². The van der Waals surface area contributed by atoms with Gasteiger partial charge in [0.15, 0.2) is 0 Å². The SMILES string of the molecule is Nc1ccc(C(=O)Nc2ccc(OC3CC4CC5C=CC=CC53C4)cc2)cc1. The quantitative estimate of drug-likeness (QED) is 0.757. The van der Waals surface area contributed by atoms with Crippen molar-refractivity contribution in [1.29, 1.82) is 0 Å². The Labute approximate surface area is 165 Å². The summed E-state index contributed by atoms with van der Waals surface area (Å²) in [5.41, 5.74) is 7.81. The molecule has 2 bridgehead atoms. The van der Waals surface area contributed by atoms with Crippen LogP contribution in [0.25, 0.3) is 0 Å². The summed E-state index contributed by atoms with van der Waals surface area (Å²) in [7, 11) is 0. The summed E-state index contributed by atoms with van der Waals surface area (Å²) >= 11 is 0. The van der Waals surface area contributed by atoms with Gasteiger partial charge in [0.1, 0.15) is 11.9 Å². The van der Waals surface area contributed by atoms with Crippen LogP contribution in [0.15, 0.2) is 72.8 Å². The second-order valence-corrected chi connectivity index (χ2v) is 8.21. The maximum Gasteiger partial charge on any atom is 0.255 e. The first kappa shape index (κ1) is 17.1. The Bertz CT molecular complexity index is 946. The van der Waals surface area contributed by atoms with Gasteiger partial charge >= 0.3 is 0 Å². The zero-order valence-electron chi connectivity index (χ0n) is 15.7. The third kappa shape index (κ3) is 2.89. The minimum Gasteiger partial charge on any atom is -0.489 e. The Morgan fingerprint density at radius 3 is 2.61 bits per heavy atom. The van der Waals surface area contributed by atoms with Gasteiger partial charge in [-0.15, -0.1) is 0 Å². The number of anilines is 2. The summed E-state index contributed by atoms with van der Waals surface area (Å²) in [6, 6.07) is 14.6. The van der Waals surface area contributed by atoms with E-state index in [-0.39, 0.29) is 17.4 Å². The van der Waals surface area contributed by atoms with Crippen LogP contribution in [0.3, 0.4) is 0 Å². The number of benzene rings is 2. The van der Waals surface area contributed by atoms with E-state index in [0.717, 1.165) is 23.8 Å². The van der Waals surface area contributed by atoms with Gasteiger partial charge in [-0.2, -0.15) is 0 Å². The highest BCUT2D eigenvalue weighted by Crippen LogP contribution is 2.60. The molecule has 4 atom stereocenters. The van der Waals surface area contributed by atoms with Crippen molar-refractivity contribution in [2.45, 2.75) is 25.4 Å². The Hall–Kier alpha value is -3.01. The van der Waals surface area contributed by atoms with E-state index in [1.807, 2.05) is 24.3 Å². The number of nitrogen functional groups attached to an aromatic ring is 1. The summed E-state index contributed by atoms with van der Waals surface area (Å²) in [4.78, 5) is 12.3. The molecule has 4 heteroatoms. The minimum atomic E-state index is -0.150. The molecule has 1 spiro atoms. The molecule has 4 unspecified atom stereocenters. The highest BCUT2D eigenvalue weighted by Gasteiger charge is 2.57. The van der Waals surface area contributed by atoms with Crippen LogP contribution in [0, 0.1) is 17.3 Å². The first-order valence-corrected chi connectivity index (χ1v) is 9.92. The molecule has 5 rings (SSSR count). The molecule has 0 aromatic heterocycles. The smallest absolute Gasteiger partial charge is 0.255 e. The zero-order chi connectivity index (χ0) is 19.1. The molecule has 0 heterocycles. The lowest BCUT2D eigenvalue weighted by molar-refractivity contribution is 0.0687. The molecule has 3 aliphatic carbocycles. The molecule has 3 aliphatic rings. The van der Waals surface area contributed by atoms with Gasteiger partial charge in [-0.25, -0.2) is 0 Å². The normalized spacial score (nSPS) is 29.5. The van der Waals surface area contributed by atoms with Crippen molar-refractivity contribution in [1.82, 2.24) is 0 Å². The lowest BCUT2D eigenvalue weighted by Gasteiger charge is -2.39. The molecule has 0 aliphatic heterocycles. The van der Waals surface area contributed by atoms with Crippen LogP contribution in [0.5, 0.6) is 5.75 Å². The molecule has 1 amide bonds. The topological polar surface area (TPSA) is 64.4 Å². The minimum absolute atomic E-state index is 0.150. The molecule has 2 saturated carbocycles. The number of hydrogen-bond donors (Lipinski definition) is 2. The molecule has 2 aromatic carbocycles. The fraction of sp³-hybridized carbons (Fsp3) is 0.292. The van der Waals surface area contributed by atoms with Crippen LogP contribution in [0.4, 0.5) is 11.4 Å². The fourth-order valence-electron chi connectivity index (χ4n) is 5.15. The van der Waals surface area contributed by atoms with Crippen molar-refractivity contribution in [2.24, 2.45) is 17.3 Å². The molecular weight excluding hydrogens is 348 g/mol. The number of allylic oxidation sites excluding steroid dienone is 3. The summed E-state index contributed by atoms with van der Waals surface area (Å²) in [6.07, 6.45) is 13.0. The lowest BCUT2D eigenvalue weighted by Crippen LogP contribution is -2.39. The van der Waals surface area contributed by atoms with E-state index in [0.29, 0.717) is 17.2 Å². The number of carbonyl (C=O) groups is 1. The van der Waals surface area contributed by atoms with Crippen LogP contribution in [0.1, 0.15) is 29.6 Å². The van der Waals surface area contributed by atoms with Crippen LogP contribution in [0.2, 0.25) is 0 Å². The third-order valence-corrected chi connectivity index (χ3v) is 6.49. The standard InChI is InChI=1S/C24H24N2O2/c25-19-6-4-17(5-7-19)23(27)26-20-8-10-21(11-9-20)28-22-14-16-13-18-3-1-2-12-24(18,22)15-16/h1-12,16,18,22H,13-15,25H2,(H,26,27). The van der Waals surface area contributed by atoms with E-state index in [9.17, 15) is 4.79 Å². The largest absolute Gasteiger partial charge is 0.489 e. The predicted octanol–water partition coefficient (Wildman–Crippen LogP) is 4.81. The Balaban J connectivity index is 1.26. The van der Waals surface area contributed by atoms with Crippen LogP contribution in [-0.4, -0.2) is 12.0 Å². The molecule has 28 heavy (non-hydrogen) atoms. The average molecular weight is 372 g/mol. The van der Waals surface area contributed by atoms with E-state index in [1.165, 1.54) is 12.8 Å². The third-order valence-electron chi connectivity index (χ3n) is 6.49. The summed E-state index contributed by atoms with van der Waals surface area (Å²) < 4.78 is 6.42. The predicted molar refractivity (Wildman–Crippen MR) is 111 cm³/mol. The van der Waals surface area contributed by atoms with E-state index in [1.54, 1.807) is 24.3 Å². The molecule has 4 nitrogen and oxygen atoms in total. The zero-order valence-corrected chi connectivity index (χ0v) is 15.7. The average Bonchev–Trinajstić information content (AvgIpc) is 3.24. The summed E-state index contributed by atoms with van der Waals surface area (Å²) in [5, 5.41) is 2.91. The van der Waals surface area contributed by atoms with Crippen LogP contribution < -0.4 is 15.8 Å². The van der Waals surface area contributed by atoms with Gasteiger partial charge in [0.2, 0.25) is 0 Å². The number of nitrogens with one attached hydrogen (secondary N) is 1. The lowest BCUT2D eigenvalue weighted by atomic mass is 9.71. The number of carbonyl (C=O) groups excluding carboxylic acids is 1. The molecule has 0 saturated heterocycles. The first-order chi connectivity index (χ1) is 13.6. The highest BCUT2D eigenvalue weighted by molar-refractivity contribution is 6.04. The van der Waals surface area contributed by atoms with Crippen LogP contribution >= 0.6 is 0 Å². The van der Waals surface area contributed by atoms with Gasteiger partial charge < -0.3 is 15.8 Å². The second kappa shape index (κ2) is 6.55. The molecular formula is C24H24N2O2. The maximum atomic E-state index is 12.3. The van der Waals surface area contributed by atoms with E-state index in [4.69, 9.17) is 10.5 Å². The van der Waals surface area contributed by atoms with Gasteiger partial charge in [-0.05, 0) is 79.6 Å². The number of rotatable bonds is 4.